The van der Waals surface area contributed by atoms with Crippen molar-refractivity contribution >= 4 is 49.3 Å². The van der Waals surface area contributed by atoms with Crippen molar-refractivity contribution < 1.29 is 0 Å². The Balaban J connectivity index is 1.23. The molecular formula is C50H28N6. The summed E-state index contributed by atoms with van der Waals surface area (Å²) >= 11 is 0. The number of pyridine rings is 1. The van der Waals surface area contributed by atoms with Crippen LogP contribution in [-0.4, -0.2) is 14.1 Å². The molecule has 3 heterocycles. The second-order valence-electron chi connectivity index (χ2n) is 13.7. The molecule has 0 aliphatic rings. The number of rotatable bonds is 5. The first-order valence-electron chi connectivity index (χ1n) is 18.2. The van der Waals surface area contributed by atoms with E-state index < -0.39 is 0 Å². The summed E-state index contributed by atoms with van der Waals surface area (Å²) in [6, 6.07) is 59.4. The van der Waals surface area contributed by atoms with Crippen LogP contribution < -0.4 is 0 Å². The molecule has 6 nitrogen and oxygen atoms in total. The summed E-state index contributed by atoms with van der Waals surface area (Å²) in [5.41, 5.74) is 12.3. The molecule has 0 atom stereocenters. The average molecular weight is 713 g/mol. The maximum atomic E-state index is 9.97. The molecule has 10 rings (SSSR count). The number of nitrogens with zero attached hydrogens (tertiary/aromatic N) is 6. The van der Waals surface area contributed by atoms with Crippen LogP contribution in [-0.2, 0) is 0 Å². The fourth-order valence-electron chi connectivity index (χ4n) is 8.16. The van der Waals surface area contributed by atoms with Gasteiger partial charge in [-0.2, -0.15) is 10.5 Å². The van der Waals surface area contributed by atoms with Crippen molar-refractivity contribution in [3.05, 3.63) is 193 Å². The predicted molar refractivity (Wildman–Crippen MR) is 225 cm³/mol. The Morgan fingerprint density at radius 3 is 1.79 bits per heavy atom. The van der Waals surface area contributed by atoms with E-state index in [4.69, 9.17) is 11.6 Å². The molecule has 10 aromatic rings. The third kappa shape index (κ3) is 5.05. The van der Waals surface area contributed by atoms with Gasteiger partial charge in [-0.1, -0.05) is 103 Å². The number of hydrogen-bond donors (Lipinski definition) is 0. The second kappa shape index (κ2) is 13.0. The summed E-state index contributed by atoms with van der Waals surface area (Å²) in [5, 5.41) is 24.1. The lowest BCUT2D eigenvalue weighted by Crippen LogP contribution is -2.03. The molecule has 6 heteroatoms. The molecule has 0 aliphatic carbocycles. The Morgan fingerprint density at radius 2 is 1.07 bits per heavy atom. The quantitative estimate of drug-likeness (QED) is 0.167. The minimum atomic E-state index is 0.569. The van der Waals surface area contributed by atoms with Gasteiger partial charge in [0.15, 0.2) is 5.69 Å². The number of aromatic nitrogens is 3. The zero-order valence-corrected chi connectivity index (χ0v) is 29.8. The molecule has 0 fully saturated rings. The Labute approximate surface area is 322 Å². The number of para-hydroxylation sites is 3. The summed E-state index contributed by atoms with van der Waals surface area (Å²) in [6.07, 6.45) is 1.94. The molecule has 7 aromatic carbocycles. The van der Waals surface area contributed by atoms with Gasteiger partial charge >= 0.3 is 0 Å². The van der Waals surface area contributed by atoms with Gasteiger partial charge in [-0.05, 0) is 88.5 Å². The fourth-order valence-corrected chi connectivity index (χ4v) is 8.16. The van der Waals surface area contributed by atoms with Gasteiger partial charge in [0.05, 0.1) is 63.8 Å². The van der Waals surface area contributed by atoms with E-state index in [2.05, 4.69) is 98.9 Å². The minimum Gasteiger partial charge on any atom is -0.307 e. The van der Waals surface area contributed by atoms with Crippen LogP contribution in [0.2, 0.25) is 0 Å². The minimum absolute atomic E-state index is 0.569. The number of nitriles is 2. The third-order valence-electron chi connectivity index (χ3n) is 10.7. The van der Waals surface area contributed by atoms with Crippen LogP contribution in [0.4, 0.5) is 5.69 Å². The Morgan fingerprint density at radius 1 is 0.482 bits per heavy atom. The van der Waals surface area contributed by atoms with Crippen LogP contribution in [0.25, 0.3) is 93.3 Å². The van der Waals surface area contributed by atoms with Gasteiger partial charge in [0, 0.05) is 27.1 Å². The Bertz CT molecular complexity index is 3360. The normalized spacial score (nSPS) is 11.2. The van der Waals surface area contributed by atoms with Crippen LogP contribution in [0.1, 0.15) is 11.1 Å². The van der Waals surface area contributed by atoms with Gasteiger partial charge in [0.25, 0.3) is 0 Å². The van der Waals surface area contributed by atoms with Crippen molar-refractivity contribution in [3.63, 3.8) is 0 Å². The molecule has 0 amide bonds. The SMILES string of the molecule is [C-]#[N+]c1ccccc1-c1ccc2c(c1)c1ccccc1n2-c1cnc(-n2c3ccccc3c3cc(-c4ccccc4C#N)ccc32)cc1-c1cccc(C#N)c1. The smallest absolute Gasteiger partial charge is 0.194 e. The highest BCUT2D eigenvalue weighted by Crippen LogP contribution is 2.41. The molecule has 0 radical (unpaired) electrons. The van der Waals surface area contributed by atoms with E-state index in [0.29, 0.717) is 16.8 Å². The lowest BCUT2D eigenvalue weighted by Gasteiger charge is -2.17. The molecule has 56 heavy (non-hydrogen) atoms. The van der Waals surface area contributed by atoms with Crippen molar-refractivity contribution in [1.82, 2.24) is 14.1 Å². The average Bonchev–Trinajstić information content (AvgIpc) is 3.78. The Kier molecular flexibility index (Phi) is 7.53. The highest BCUT2D eigenvalue weighted by molar-refractivity contribution is 6.12. The number of fused-ring (bicyclic) bond motifs is 6. The monoisotopic (exact) mass is 712 g/mol. The van der Waals surface area contributed by atoms with Gasteiger partial charge in [-0.25, -0.2) is 9.83 Å². The van der Waals surface area contributed by atoms with Crippen LogP contribution >= 0.6 is 0 Å². The van der Waals surface area contributed by atoms with E-state index in [0.717, 1.165) is 88.5 Å². The topological polar surface area (TPSA) is 74.7 Å². The van der Waals surface area contributed by atoms with E-state index in [9.17, 15) is 10.5 Å². The van der Waals surface area contributed by atoms with Crippen LogP contribution in [0.15, 0.2) is 170 Å². The van der Waals surface area contributed by atoms with E-state index in [1.165, 1.54) is 0 Å². The summed E-state index contributed by atoms with van der Waals surface area (Å²) < 4.78 is 4.45. The van der Waals surface area contributed by atoms with Gasteiger partial charge in [0.1, 0.15) is 5.82 Å². The van der Waals surface area contributed by atoms with E-state index in [1.807, 2.05) is 97.2 Å². The predicted octanol–water partition coefficient (Wildman–Crippen LogP) is 12.6. The zero-order valence-electron chi connectivity index (χ0n) is 29.8. The standard InChI is InChI=1S/C50H28N6/c1-53-44-18-7-4-15-38(44)35-22-23-47-42(27-35)39-16-5-8-19-45(39)55(47)49-31-54-50(28-41(49)33-13-10-11-32(25-33)29-51)56-46-20-9-6-17-40(46)43-26-34(21-24-48(43)56)37-14-3-2-12-36(37)30-52/h2-28,31H. The maximum absolute atomic E-state index is 9.97. The molecule has 0 unspecified atom stereocenters. The summed E-state index contributed by atoms with van der Waals surface area (Å²) in [7, 11) is 0. The first-order chi connectivity index (χ1) is 27.6. The first kappa shape index (κ1) is 32.4. The second-order valence-corrected chi connectivity index (χ2v) is 13.7. The van der Waals surface area contributed by atoms with Crippen molar-refractivity contribution in [2.24, 2.45) is 0 Å². The maximum Gasteiger partial charge on any atom is 0.194 e. The van der Waals surface area contributed by atoms with E-state index >= 15 is 0 Å². The fraction of sp³-hybridized carbons (Fsp3) is 0. The lowest BCUT2D eigenvalue weighted by molar-refractivity contribution is 1.06. The molecule has 0 saturated heterocycles. The van der Waals surface area contributed by atoms with Crippen molar-refractivity contribution in [2.45, 2.75) is 0 Å². The van der Waals surface area contributed by atoms with Crippen LogP contribution in [0.3, 0.4) is 0 Å². The Hall–Kier alpha value is -8.24. The number of benzene rings is 7. The van der Waals surface area contributed by atoms with Crippen LogP contribution in [0, 0.1) is 29.2 Å². The van der Waals surface area contributed by atoms with Crippen molar-refractivity contribution in [2.75, 3.05) is 0 Å². The molecule has 0 aliphatic heterocycles. The largest absolute Gasteiger partial charge is 0.307 e. The van der Waals surface area contributed by atoms with E-state index in [1.54, 1.807) is 0 Å². The highest BCUT2D eigenvalue weighted by atomic mass is 15.1. The zero-order chi connectivity index (χ0) is 37.8. The first-order valence-corrected chi connectivity index (χ1v) is 18.2. The lowest BCUT2D eigenvalue weighted by atomic mass is 9.98. The third-order valence-corrected chi connectivity index (χ3v) is 10.7. The summed E-state index contributed by atoms with van der Waals surface area (Å²) in [5.74, 6) is 0.737. The molecule has 0 spiro atoms. The molecule has 0 bridgehead atoms. The summed E-state index contributed by atoms with van der Waals surface area (Å²) in [6.45, 7) is 7.78. The molecule has 0 saturated carbocycles. The summed E-state index contributed by atoms with van der Waals surface area (Å²) in [4.78, 5) is 9.01. The molecular weight excluding hydrogens is 685 g/mol. The van der Waals surface area contributed by atoms with Crippen LogP contribution in [0.5, 0.6) is 0 Å². The van der Waals surface area contributed by atoms with Gasteiger partial charge in [-0.3, -0.25) is 4.57 Å². The highest BCUT2D eigenvalue weighted by Gasteiger charge is 2.21. The molecule has 0 N–H and O–H groups in total. The van der Waals surface area contributed by atoms with E-state index in [-0.39, 0.29) is 0 Å². The van der Waals surface area contributed by atoms with Gasteiger partial charge < -0.3 is 4.57 Å². The van der Waals surface area contributed by atoms with Gasteiger partial charge in [-0.15, -0.1) is 0 Å². The van der Waals surface area contributed by atoms with Gasteiger partial charge in [0.2, 0.25) is 0 Å². The molecule has 3 aromatic heterocycles. The van der Waals surface area contributed by atoms with Crippen molar-refractivity contribution in [1.29, 1.82) is 10.5 Å². The number of hydrogen-bond acceptors (Lipinski definition) is 3. The van der Waals surface area contributed by atoms with Crippen molar-refractivity contribution in [3.8, 4) is 57.0 Å². The molecule has 258 valence electrons.